The average Bonchev–Trinajstić information content (AvgIpc) is 2.42. The van der Waals surface area contributed by atoms with E-state index in [1.54, 1.807) is 4.52 Å². The number of nitrogen functional groups attached to an aromatic ring is 1. The van der Waals surface area contributed by atoms with E-state index in [0.717, 1.165) is 22.6 Å². The molecule has 0 aliphatic heterocycles. The molecule has 2 rings (SSSR count). The van der Waals surface area contributed by atoms with Gasteiger partial charge in [0.15, 0.2) is 5.65 Å². The van der Waals surface area contributed by atoms with Gasteiger partial charge >= 0.3 is 0 Å². The summed E-state index contributed by atoms with van der Waals surface area (Å²) in [5.74, 6) is 0.676. The van der Waals surface area contributed by atoms with Crippen LogP contribution in [0.25, 0.3) is 5.65 Å². The fourth-order valence-corrected chi connectivity index (χ4v) is 1.34. The lowest BCUT2D eigenvalue weighted by Crippen LogP contribution is -2.05. The highest BCUT2D eigenvalue weighted by Crippen LogP contribution is 2.15. The molecule has 0 radical (unpaired) electrons. The van der Waals surface area contributed by atoms with Crippen LogP contribution in [0.2, 0.25) is 0 Å². The van der Waals surface area contributed by atoms with E-state index < -0.39 is 0 Å². The Kier molecular flexibility index (Phi) is 1.52. The number of rotatable bonds is 0. The Hall–Kier alpha value is -1.58. The lowest BCUT2D eigenvalue weighted by atomic mass is 10.2. The largest absolute Gasteiger partial charge is 0.383 e. The molecule has 4 heteroatoms. The second-order valence-electron chi connectivity index (χ2n) is 3.26. The highest BCUT2D eigenvalue weighted by molar-refractivity contribution is 5.52. The molecule has 4 nitrogen and oxygen atoms in total. The number of nitrogens with zero attached hydrogens (tertiary/aromatic N) is 3. The van der Waals surface area contributed by atoms with Gasteiger partial charge in [-0.3, -0.25) is 0 Å². The van der Waals surface area contributed by atoms with E-state index in [1.165, 1.54) is 0 Å². The summed E-state index contributed by atoms with van der Waals surface area (Å²) in [6, 6.07) is 1.92. The molecule has 2 N–H and O–H groups in total. The summed E-state index contributed by atoms with van der Waals surface area (Å²) in [7, 11) is 0. The van der Waals surface area contributed by atoms with Gasteiger partial charge in [-0.25, -0.2) is 4.98 Å². The van der Waals surface area contributed by atoms with Crippen molar-refractivity contribution in [3.05, 3.63) is 23.0 Å². The molecule has 0 saturated carbocycles. The van der Waals surface area contributed by atoms with Gasteiger partial charge < -0.3 is 5.73 Å². The molecule has 0 aliphatic carbocycles. The fraction of sp³-hybridized carbons (Fsp3) is 0.333. The topological polar surface area (TPSA) is 56.2 Å². The second kappa shape index (κ2) is 2.45. The Morgan fingerprint density at radius 2 is 2.00 bits per heavy atom. The van der Waals surface area contributed by atoms with E-state index in [1.807, 2.05) is 26.8 Å². The molecule has 0 bridgehead atoms. The predicted molar refractivity (Wildman–Crippen MR) is 51.6 cm³/mol. The molecule has 0 saturated heterocycles. The smallest absolute Gasteiger partial charge is 0.157 e. The number of aromatic nitrogens is 3. The first-order valence-corrected chi connectivity index (χ1v) is 4.18. The van der Waals surface area contributed by atoms with Gasteiger partial charge in [-0.05, 0) is 20.8 Å². The fourth-order valence-electron chi connectivity index (χ4n) is 1.34. The van der Waals surface area contributed by atoms with Gasteiger partial charge in [0, 0.05) is 17.3 Å². The zero-order valence-corrected chi connectivity index (χ0v) is 8.00. The van der Waals surface area contributed by atoms with E-state index in [4.69, 9.17) is 5.73 Å². The quantitative estimate of drug-likeness (QED) is 0.657. The zero-order chi connectivity index (χ0) is 9.59. The molecule has 0 aromatic carbocycles. The van der Waals surface area contributed by atoms with Crippen LogP contribution in [-0.4, -0.2) is 14.6 Å². The maximum atomic E-state index is 5.89. The summed E-state index contributed by atoms with van der Waals surface area (Å²) in [5.41, 5.74) is 9.60. The Morgan fingerprint density at radius 1 is 1.31 bits per heavy atom. The van der Waals surface area contributed by atoms with Gasteiger partial charge in [0.1, 0.15) is 5.82 Å². The SMILES string of the molecule is Cc1cc2nc(C)c(C)c(N)n2n1. The molecule has 0 atom stereocenters. The first-order chi connectivity index (χ1) is 6.09. The van der Waals surface area contributed by atoms with E-state index in [-0.39, 0.29) is 0 Å². The molecular weight excluding hydrogens is 164 g/mol. The standard InChI is InChI=1S/C9H12N4/c1-5-4-8-11-7(3)6(2)9(10)13(8)12-5/h4H,10H2,1-3H3. The molecule has 0 fully saturated rings. The van der Waals surface area contributed by atoms with Gasteiger partial charge in [0.25, 0.3) is 0 Å². The van der Waals surface area contributed by atoms with Crippen molar-refractivity contribution in [1.82, 2.24) is 14.6 Å². The molecule has 0 spiro atoms. The van der Waals surface area contributed by atoms with Crippen LogP contribution in [0.5, 0.6) is 0 Å². The first-order valence-electron chi connectivity index (χ1n) is 4.18. The van der Waals surface area contributed by atoms with Crippen molar-refractivity contribution in [2.24, 2.45) is 0 Å². The van der Waals surface area contributed by atoms with Crippen LogP contribution in [0.1, 0.15) is 17.0 Å². The van der Waals surface area contributed by atoms with Crippen LogP contribution in [0.15, 0.2) is 6.07 Å². The van der Waals surface area contributed by atoms with Crippen molar-refractivity contribution in [3.8, 4) is 0 Å². The normalized spacial score (nSPS) is 11.0. The average molecular weight is 176 g/mol. The van der Waals surface area contributed by atoms with Gasteiger partial charge in [0.2, 0.25) is 0 Å². The predicted octanol–water partition coefficient (Wildman–Crippen LogP) is 1.24. The third kappa shape index (κ3) is 1.06. The molecule has 2 heterocycles. The summed E-state index contributed by atoms with van der Waals surface area (Å²) >= 11 is 0. The molecular formula is C9H12N4. The van der Waals surface area contributed by atoms with E-state index in [2.05, 4.69) is 10.1 Å². The zero-order valence-electron chi connectivity index (χ0n) is 8.00. The monoisotopic (exact) mass is 176 g/mol. The van der Waals surface area contributed by atoms with Crippen LogP contribution in [0.3, 0.4) is 0 Å². The highest BCUT2D eigenvalue weighted by atomic mass is 15.3. The Balaban J connectivity index is 2.92. The second-order valence-corrected chi connectivity index (χ2v) is 3.26. The van der Waals surface area contributed by atoms with Crippen LogP contribution in [-0.2, 0) is 0 Å². The minimum atomic E-state index is 0.676. The summed E-state index contributed by atoms with van der Waals surface area (Å²) in [6.45, 7) is 5.83. The lowest BCUT2D eigenvalue weighted by molar-refractivity contribution is 0.910. The van der Waals surface area contributed by atoms with Gasteiger partial charge in [-0.2, -0.15) is 9.61 Å². The summed E-state index contributed by atoms with van der Waals surface area (Å²) < 4.78 is 1.68. The van der Waals surface area contributed by atoms with Crippen molar-refractivity contribution in [1.29, 1.82) is 0 Å². The van der Waals surface area contributed by atoms with Gasteiger partial charge in [-0.15, -0.1) is 0 Å². The molecule has 0 amide bonds. The number of aryl methyl sites for hydroxylation is 2. The van der Waals surface area contributed by atoms with E-state index >= 15 is 0 Å². The van der Waals surface area contributed by atoms with Gasteiger partial charge in [0.05, 0.1) is 5.69 Å². The van der Waals surface area contributed by atoms with Crippen molar-refractivity contribution in [3.63, 3.8) is 0 Å². The number of hydrogen-bond acceptors (Lipinski definition) is 3. The number of anilines is 1. The van der Waals surface area contributed by atoms with Gasteiger partial charge in [-0.1, -0.05) is 0 Å². The first kappa shape index (κ1) is 8.04. The summed E-state index contributed by atoms with van der Waals surface area (Å²) in [5, 5.41) is 4.24. The van der Waals surface area contributed by atoms with Crippen LogP contribution in [0, 0.1) is 20.8 Å². The molecule has 68 valence electrons. The Labute approximate surface area is 76.4 Å². The van der Waals surface area contributed by atoms with Crippen LogP contribution >= 0.6 is 0 Å². The van der Waals surface area contributed by atoms with Crippen LogP contribution in [0.4, 0.5) is 5.82 Å². The maximum Gasteiger partial charge on any atom is 0.157 e. The van der Waals surface area contributed by atoms with Crippen molar-refractivity contribution in [2.45, 2.75) is 20.8 Å². The number of hydrogen-bond donors (Lipinski definition) is 1. The van der Waals surface area contributed by atoms with Crippen molar-refractivity contribution >= 4 is 11.5 Å². The third-order valence-electron chi connectivity index (χ3n) is 2.25. The van der Waals surface area contributed by atoms with E-state index in [9.17, 15) is 0 Å². The van der Waals surface area contributed by atoms with Crippen LogP contribution < -0.4 is 5.73 Å². The third-order valence-corrected chi connectivity index (χ3v) is 2.25. The summed E-state index contributed by atoms with van der Waals surface area (Å²) in [4.78, 5) is 4.38. The maximum absolute atomic E-state index is 5.89. The minimum absolute atomic E-state index is 0.676. The van der Waals surface area contributed by atoms with E-state index in [0.29, 0.717) is 5.82 Å². The minimum Gasteiger partial charge on any atom is -0.383 e. The molecule has 2 aromatic rings. The lowest BCUT2D eigenvalue weighted by Gasteiger charge is -2.04. The number of nitrogens with two attached hydrogens (primary N) is 1. The molecule has 2 aromatic heterocycles. The molecule has 0 unspecified atom stereocenters. The van der Waals surface area contributed by atoms with Crippen molar-refractivity contribution in [2.75, 3.05) is 5.73 Å². The number of fused-ring (bicyclic) bond motifs is 1. The Bertz CT molecular complexity index is 470. The molecule has 13 heavy (non-hydrogen) atoms. The molecule has 0 aliphatic rings. The Morgan fingerprint density at radius 3 is 2.69 bits per heavy atom. The van der Waals surface area contributed by atoms with Crippen molar-refractivity contribution < 1.29 is 0 Å². The highest BCUT2D eigenvalue weighted by Gasteiger charge is 2.07. The summed E-state index contributed by atoms with van der Waals surface area (Å²) in [6.07, 6.45) is 0.